The van der Waals surface area contributed by atoms with Crippen LogP contribution in [0, 0.1) is 5.82 Å². The van der Waals surface area contributed by atoms with Gasteiger partial charge in [-0.1, -0.05) is 0 Å². The topological polar surface area (TPSA) is 37.9 Å². The van der Waals surface area contributed by atoms with E-state index in [1.54, 1.807) is 6.20 Å². The molecule has 68 valence electrons. The maximum absolute atomic E-state index is 13.3. The largest absolute Gasteiger partial charge is 0.492 e. The summed E-state index contributed by atoms with van der Waals surface area (Å²) in [6.45, 7) is 0. The number of fused-ring (bicyclic) bond motifs is 1. The Balaban J connectivity index is 2.88. The summed E-state index contributed by atoms with van der Waals surface area (Å²) in [5.41, 5.74) is 0.564. The van der Waals surface area contributed by atoms with Gasteiger partial charge in [0.2, 0.25) is 0 Å². The van der Waals surface area contributed by atoms with E-state index in [4.69, 9.17) is 4.74 Å². The third-order valence-corrected chi connectivity index (χ3v) is 2.45. The summed E-state index contributed by atoms with van der Waals surface area (Å²) < 4.78 is 18.8. The first-order valence-electron chi connectivity index (χ1n) is 3.59. The van der Waals surface area contributed by atoms with Crippen molar-refractivity contribution in [2.75, 3.05) is 7.11 Å². The van der Waals surface area contributed by atoms with Crippen molar-refractivity contribution in [3.8, 4) is 5.75 Å². The van der Waals surface area contributed by atoms with Crippen molar-refractivity contribution in [1.29, 1.82) is 0 Å². The summed E-state index contributed by atoms with van der Waals surface area (Å²) in [6, 6.07) is 1.36. The number of aromatic amines is 1. The number of aromatic nitrogens is 2. The van der Waals surface area contributed by atoms with E-state index in [2.05, 4.69) is 26.1 Å². The molecule has 0 saturated heterocycles. The first-order valence-corrected chi connectivity index (χ1v) is 4.38. The smallest absolute Gasteiger partial charge is 0.180 e. The van der Waals surface area contributed by atoms with Gasteiger partial charge in [0.15, 0.2) is 11.6 Å². The van der Waals surface area contributed by atoms with Crippen molar-refractivity contribution in [2.24, 2.45) is 0 Å². The van der Waals surface area contributed by atoms with Crippen molar-refractivity contribution in [3.05, 3.63) is 22.6 Å². The summed E-state index contributed by atoms with van der Waals surface area (Å²) in [6.07, 6.45) is 1.61. The molecule has 13 heavy (non-hydrogen) atoms. The van der Waals surface area contributed by atoms with Gasteiger partial charge < -0.3 is 4.74 Å². The second-order valence-electron chi connectivity index (χ2n) is 2.53. The lowest BCUT2D eigenvalue weighted by atomic mass is 10.2. The van der Waals surface area contributed by atoms with Gasteiger partial charge in [-0.2, -0.15) is 5.10 Å². The highest BCUT2D eigenvalue weighted by Gasteiger charge is 2.12. The van der Waals surface area contributed by atoms with Crippen LogP contribution in [0.3, 0.4) is 0 Å². The van der Waals surface area contributed by atoms with Crippen LogP contribution >= 0.6 is 15.9 Å². The van der Waals surface area contributed by atoms with Gasteiger partial charge in [0, 0.05) is 9.86 Å². The summed E-state index contributed by atoms with van der Waals surface area (Å²) in [7, 11) is 1.42. The zero-order chi connectivity index (χ0) is 9.42. The van der Waals surface area contributed by atoms with Gasteiger partial charge in [-0.15, -0.1) is 0 Å². The molecule has 1 N–H and O–H groups in total. The normalized spacial score (nSPS) is 10.7. The molecule has 2 rings (SSSR count). The molecule has 0 spiro atoms. The molecule has 1 aromatic heterocycles. The molecule has 1 heterocycles. The highest BCUT2D eigenvalue weighted by Crippen LogP contribution is 2.32. The molecule has 0 amide bonds. The fourth-order valence-electron chi connectivity index (χ4n) is 1.21. The third-order valence-electron chi connectivity index (χ3n) is 1.80. The molecule has 0 saturated carbocycles. The molecule has 5 heteroatoms. The molecule has 0 fully saturated rings. The Labute approximate surface area is 82.0 Å². The number of ether oxygens (including phenoxy) is 1. The minimum Gasteiger partial charge on any atom is -0.492 e. The van der Waals surface area contributed by atoms with E-state index in [9.17, 15) is 4.39 Å². The number of benzene rings is 1. The number of hydrogen-bond donors (Lipinski definition) is 1. The van der Waals surface area contributed by atoms with Crippen LogP contribution in [0.4, 0.5) is 4.39 Å². The Bertz CT molecular complexity index is 455. The third kappa shape index (κ3) is 1.19. The van der Waals surface area contributed by atoms with Gasteiger partial charge in [0.05, 0.1) is 13.3 Å². The number of nitrogens with zero attached hydrogens (tertiary/aromatic N) is 1. The van der Waals surface area contributed by atoms with Gasteiger partial charge >= 0.3 is 0 Å². The van der Waals surface area contributed by atoms with Crippen LogP contribution in [0.1, 0.15) is 0 Å². The first kappa shape index (κ1) is 8.50. The van der Waals surface area contributed by atoms with Crippen LogP contribution in [0.5, 0.6) is 5.75 Å². The summed E-state index contributed by atoms with van der Waals surface area (Å²) in [5.74, 6) is -0.221. The minimum absolute atomic E-state index is 0.190. The summed E-state index contributed by atoms with van der Waals surface area (Å²) in [4.78, 5) is 0. The molecule has 0 aliphatic heterocycles. The molecule has 1 aromatic carbocycles. The van der Waals surface area contributed by atoms with Gasteiger partial charge in [0.25, 0.3) is 0 Å². The number of H-pyrrole nitrogens is 1. The van der Waals surface area contributed by atoms with E-state index in [1.165, 1.54) is 13.2 Å². The molecular weight excluding hydrogens is 239 g/mol. The number of rotatable bonds is 1. The zero-order valence-electron chi connectivity index (χ0n) is 6.77. The average molecular weight is 245 g/mol. The second kappa shape index (κ2) is 2.99. The standard InChI is InChI=1S/C8H6BrFN2O/c1-13-8-6(10)2-5(9)4-3-11-12-7(4)8/h2-3H,1H3,(H,11,12). The lowest BCUT2D eigenvalue weighted by Gasteiger charge is -2.03. The molecule has 0 unspecified atom stereocenters. The Morgan fingerprint density at radius 3 is 3.08 bits per heavy atom. The van der Waals surface area contributed by atoms with Gasteiger partial charge in [-0.3, -0.25) is 5.10 Å². The summed E-state index contributed by atoms with van der Waals surface area (Å²) in [5, 5.41) is 7.29. The van der Waals surface area contributed by atoms with E-state index in [-0.39, 0.29) is 5.75 Å². The van der Waals surface area contributed by atoms with E-state index >= 15 is 0 Å². The maximum atomic E-state index is 13.3. The van der Waals surface area contributed by atoms with Crippen LogP contribution in [0.15, 0.2) is 16.7 Å². The number of halogens is 2. The van der Waals surface area contributed by atoms with E-state index in [1.807, 2.05) is 0 Å². The van der Waals surface area contributed by atoms with Crippen molar-refractivity contribution < 1.29 is 9.13 Å². The van der Waals surface area contributed by atoms with Crippen molar-refractivity contribution in [2.45, 2.75) is 0 Å². The highest BCUT2D eigenvalue weighted by molar-refractivity contribution is 9.10. The molecule has 3 nitrogen and oxygen atoms in total. The predicted octanol–water partition coefficient (Wildman–Crippen LogP) is 2.47. The van der Waals surface area contributed by atoms with Crippen molar-refractivity contribution in [1.82, 2.24) is 10.2 Å². The van der Waals surface area contributed by atoms with Crippen LogP contribution in [-0.2, 0) is 0 Å². The first-order chi connectivity index (χ1) is 6.24. The quantitative estimate of drug-likeness (QED) is 0.837. The van der Waals surface area contributed by atoms with E-state index in [0.717, 1.165) is 5.39 Å². The Hall–Kier alpha value is -1.10. The van der Waals surface area contributed by atoms with E-state index in [0.29, 0.717) is 9.99 Å². The summed E-state index contributed by atoms with van der Waals surface area (Å²) >= 11 is 3.23. The fraction of sp³-hybridized carbons (Fsp3) is 0.125. The highest BCUT2D eigenvalue weighted by atomic mass is 79.9. The second-order valence-corrected chi connectivity index (χ2v) is 3.39. The predicted molar refractivity (Wildman–Crippen MR) is 50.3 cm³/mol. The van der Waals surface area contributed by atoms with Gasteiger partial charge in [-0.25, -0.2) is 4.39 Å². The fourth-order valence-corrected chi connectivity index (χ4v) is 1.72. The van der Waals surface area contributed by atoms with Crippen molar-refractivity contribution >= 4 is 26.8 Å². The van der Waals surface area contributed by atoms with Gasteiger partial charge in [-0.05, 0) is 22.0 Å². The van der Waals surface area contributed by atoms with Crippen LogP contribution in [0.2, 0.25) is 0 Å². The average Bonchev–Trinajstić information content (AvgIpc) is 2.53. The molecular formula is C8H6BrFN2O. The Morgan fingerprint density at radius 1 is 1.62 bits per heavy atom. The van der Waals surface area contributed by atoms with Gasteiger partial charge in [0.1, 0.15) is 5.52 Å². The monoisotopic (exact) mass is 244 g/mol. The van der Waals surface area contributed by atoms with Crippen LogP contribution in [-0.4, -0.2) is 17.3 Å². The lowest BCUT2D eigenvalue weighted by molar-refractivity contribution is 0.390. The minimum atomic E-state index is -0.411. The van der Waals surface area contributed by atoms with Crippen LogP contribution in [0.25, 0.3) is 10.9 Å². The zero-order valence-corrected chi connectivity index (χ0v) is 8.35. The lowest BCUT2D eigenvalue weighted by Crippen LogP contribution is -1.89. The molecule has 0 atom stereocenters. The van der Waals surface area contributed by atoms with Crippen molar-refractivity contribution in [3.63, 3.8) is 0 Å². The van der Waals surface area contributed by atoms with E-state index < -0.39 is 5.82 Å². The maximum Gasteiger partial charge on any atom is 0.180 e. The van der Waals surface area contributed by atoms with Crippen LogP contribution < -0.4 is 4.74 Å². The molecule has 0 bridgehead atoms. The molecule has 2 aromatic rings. The number of nitrogens with one attached hydrogen (secondary N) is 1. The molecule has 0 aliphatic rings. The number of methoxy groups -OCH3 is 1. The molecule has 0 radical (unpaired) electrons. The SMILES string of the molecule is COc1c(F)cc(Br)c2cn[nH]c12. The Kier molecular flexibility index (Phi) is 1.95. The Morgan fingerprint density at radius 2 is 2.38 bits per heavy atom. The number of hydrogen-bond acceptors (Lipinski definition) is 2. The molecule has 0 aliphatic carbocycles.